The molecule has 0 aliphatic rings. The van der Waals surface area contributed by atoms with E-state index in [1.165, 1.54) is 0 Å². The first-order chi connectivity index (χ1) is 5.36. The molecule has 0 spiro atoms. The number of hydrogen-bond acceptors (Lipinski definition) is 2. The average molecular weight is 146 g/mol. The van der Waals surface area contributed by atoms with E-state index >= 15 is 0 Å². The molecule has 1 aromatic heterocycles. The lowest BCUT2D eigenvalue weighted by Gasteiger charge is -1.93. The van der Waals surface area contributed by atoms with Gasteiger partial charge in [-0.1, -0.05) is 12.7 Å². The van der Waals surface area contributed by atoms with E-state index in [-0.39, 0.29) is 0 Å². The van der Waals surface area contributed by atoms with Crippen molar-refractivity contribution in [3.8, 4) is 0 Å². The summed E-state index contributed by atoms with van der Waals surface area (Å²) in [6, 6.07) is 1.98. The molecule has 0 N–H and O–H groups in total. The molecule has 1 rings (SSSR count). The lowest BCUT2D eigenvalue weighted by Crippen LogP contribution is -1.84. The van der Waals surface area contributed by atoms with E-state index in [0.29, 0.717) is 0 Å². The quantitative estimate of drug-likeness (QED) is 0.584. The highest BCUT2D eigenvalue weighted by atomic mass is 14.7. The van der Waals surface area contributed by atoms with Gasteiger partial charge in [0, 0.05) is 31.2 Å². The zero-order valence-electron chi connectivity index (χ0n) is 6.49. The van der Waals surface area contributed by atoms with Crippen LogP contribution >= 0.6 is 0 Å². The molecule has 0 aromatic carbocycles. The van der Waals surface area contributed by atoms with Gasteiger partial charge in [0.2, 0.25) is 0 Å². The molecule has 0 unspecified atom stereocenters. The van der Waals surface area contributed by atoms with Crippen LogP contribution < -0.4 is 0 Å². The van der Waals surface area contributed by atoms with Gasteiger partial charge in [-0.25, -0.2) is 0 Å². The van der Waals surface area contributed by atoms with Crippen LogP contribution in [0.5, 0.6) is 0 Å². The summed E-state index contributed by atoms with van der Waals surface area (Å²) in [5.74, 6) is 0. The van der Waals surface area contributed by atoms with Crippen molar-refractivity contribution >= 4 is 12.3 Å². The van der Waals surface area contributed by atoms with Crippen LogP contribution in [-0.2, 0) is 0 Å². The fourth-order valence-corrected chi connectivity index (χ4v) is 0.808. The smallest absolute Gasteiger partial charge is 0.0356 e. The molecule has 56 valence electrons. The maximum Gasteiger partial charge on any atom is 0.0356 e. The minimum atomic E-state index is 1.00. The number of aromatic nitrogens is 1. The van der Waals surface area contributed by atoms with Crippen LogP contribution in [0, 0.1) is 0 Å². The van der Waals surface area contributed by atoms with Gasteiger partial charge in [-0.15, -0.1) is 0 Å². The summed E-state index contributed by atoms with van der Waals surface area (Å²) in [5, 5.41) is 0. The van der Waals surface area contributed by atoms with E-state index in [4.69, 9.17) is 0 Å². The van der Waals surface area contributed by atoms with Crippen molar-refractivity contribution in [1.82, 2.24) is 4.98 Å². The first-order valence-electron chi connectivity index (χ1n) is 3.36. The van der Waals surface area contributed by atoms with Crippen LogP contribution in [-0.4, -0.2) is 18.2 Å². The molecule has 2 heteroatoms. The largest absolute Gasteiger partial charge is 0.296 e. The summed E-state index contributed by atoms with van der Waals surface area (Å²) >= 11 is 0. The molecular weight excluding hydrogens is 136 g/mol. The van der Waals surface area contributed by atoms with E-state index in [1.807, 2.05) is 6.07 Å². The molecule has 0 saturated heterocycles. The summed E-state index contributed by atoms with van der Waals surface area (Å²) in [5.41, 5.74) is 2.02. The van der Waals surface area contributed by atoms with Gasteiger partial charge < -0.3 is 0 Å². The van der Waals surface area contributed by atoms with Crippen molar-refractivity contribution in [1.29, 1.82) is 0 Å². The maximum absolute atomic E-state index is 4.01. The molecule has 0 aliphatic heterocycles. The summed E-state index contributed by atoms with van der Waals surface area (Å²) in [7, 11) is 1.74. The lowest BCUT2D eigenvalue weighted by molar-refractivity contribution is 1.30. The van der Waals surface area contributed by atoms with Crippen molar-refractivity contribution in [2.45, 2.75) is 0 Å². The standard InChI is InChI=1S/C9H10N2/c1-3-8-4-9(5-10-2)7-11-6-8/h3-7H,1H2,2H3. The Balaban J connectivity index is 3.00. The van der Waals surface area contributed by atoms with E-state index in [9.17, 15) is 0 Å². The monoisotopic (exact) mass is 146 g/mol. The zero-order chi connectivity index (χ0) is 8.10. The van der Waals surface area contributed by atoms with Crippen molar-refractivity contribution in [3.05, 3.63) is 36.2 Å². The Morgan fingerprint density at radius 2 is 2.18 bits per heavy atom. The number of nitrogens with zero attached hydrogens (tertiary/aromatic N) is 2. The van der Waals surface area contributed by atoms with Crippen molar-refractivity contribution in [3.63, 3.8) is 0 Å². The Labute approximate surface area is 66.3 Å². The van der Waals surface area contributed by atoms with Crippen LogP contribution in [0.1, 0.15) is 11.1 Å². The molecule has 0 fully saturated rings. The highest BCUT2D eigenvalue weighted by molar-refractivity contribution is 5.79. The molecule has 0 amide bonds. The van der Waals surface area contributed by atoms with Gasteiger partial charge in [0.15, 0.2) is 0 Å². The van der Waals surface area contributed by atoms with E-state index in [1.54, 1.807) is 31.7 Å². The minimum absolute atomic E-state index is 1.00. The first-order valence-corrected chi connectivity index (χ1v) is 3.36. The molecular formula is C9H10N2. The van der Waals surface area contributed by atoms with E-state index < -0.39 is 0 Å². The molecule has 1 aromatic rings. The predicted octanol–water partition coefficient (Wildman–Crippen LogP) is 1.77. The van der Waals surface area contributed by atoms with Gasteiger partial charge >= 0.3 is 0 Å². The van der Waals surface area contributed by atoms with Crippen LogP contribution in [0.15, 0.2) is 30.0 Å². The molecule has 2 nitrogen and oxygen atoms in total. The third-order valence-electron chi connectivity index (χ3n) is 1.29. The summed E-state index contributed by atoms with van der Waals surface area (Å²) in [4.78, 5) is 7.89. The summed E-state index contributed by atoms with van der Waals surface area (Å²) in [6.07, 6.45) is 7.06. The highest BCUT2D eigenvalue weighted by Gasteiger charge is 1.88. The van der Waals surface area contributed by atoms with E-state index in [0.717, 1.165) is 11.1 Å². The van der Waals surface area contributed by atoms with Crippen molar-refractivity contribution in [2.75, 3.05) is 7.05 Å². The second kappa shape index (κ2) is 3.66. The third kappa shape index (κ3) is 2.00. The highest BCUT2D eigenvalue weighted by Crippen LogP contribution is 2.00. The van der Waals surface area contributed by atoms with Gasteiger partial charge in [0.05, 0.1) is 0 Å². The second-order valence-electron chi connectivity index (χ2n) is 2.14. The number of hydrogen-bond donors (Lipinski definition) is 0. The van der Waals surface area contributed by atoms with Gasteiger partial charge in [0.25, 0.3) is 0 Å². The van der Waals surface area contributed by atoms with Crippen LogP contribution in [0.3, 0.4) is 0 Å². The fraction of sp³-hybridized carbons (Fsp3) is 0.111. The van der Waals surface area contributed by atoms with Crippen molar-refractivity contribution < 1.29 is 0 Å². The lowest BCUT2D eigenvalue weighted by atomic mass is 10.2. The Bertz CT molecular complexity index is 277. The first kappa shape index (κ1) is 7.66. The van der Waals surface area contributed by atoms with Crippen LogP contribution in [0.4, 0.5) is 0 Å². The maximum atomic E-state index is 4.01. The minimum Gasteiger partial charge on any atom is -0.296 e. The molecule has 1 heterocycles. The average Bonchev–Trinajstić information content (AvgIpc) is 2.06. The molecule has 0 radical (unpaired) electrons. The number of pyridine rings is 1. The molecule has 11 heavy (non-hydrogen) atoms. The van der Waals surface area contributed by atoms with Crippen molar-refractivity contribution in [2.24, 2.45) is 4.99 Å². The van der Waals surface area contributed by atoms with Crippen LogP contribution in [0.2, 0.25) is 0 Å². The van der Waals surface area contributed by atoms with Gasteiger partial charge in [0.1, 0.15) is 0 Å². The normalized spacial score (nSPS) is 10.3. The second-order valence-corrected chi connectivity index (χ2v) is 2.14. The predicted molar refractivity (Wildman–Crippen MR) is 47.8 cm³/mol. The van der Waals surface area contributed by atoms with Gasteiger partial charge in [-0.2, -0.15) is 0 Å². The molecule has 0 aliphatic carbocycles. The van der Waals surface area contributed by atoms with Gasteiger partial charge in [-0.05, 0) is 11.6 Å². The molecule has 0 atom stereocenters. The Morgan fingerprint density at radius 1 is 1.45 bits per heavy atom. The fourth-order valence-electron chi connectivity index (χ4n) is 0.808. The Kier molecular flexibility index (Phi) is 2.55. The molecule has 0 bridgehead atoms. The Morgan fingerprint density at radius 3 is 2.82 bits per heavy atom. The van der Waals surface area contributed by atoms with Gasteiger partial charge in [-0.3, -0.25) is 9.98 Å². The number of rotatable bonds is 2. The number of aliphatic imine (C=N–C) groups is 1. The van der Waals surface area contributed by atoms with E-state index in [2.05, 4.69) is 16.6 Å². The zero-order valence-corrected chi connectivity index (χ0v) is 6.49. The Hall–Kier alpha value is -1.44. The third-order valence-corrected chi connectivity index (χ3v) is 1.29. The summed E-state index contributed by atoms with van der Waals surface area (Å²) in [6.45, 7) is 3.65. The summed E-state index contributed by atoms with van der Waals surface area (Å²) < 4.78 is 0. The molecule has 0 saturated carbocycles. The van der Waals surface area contributed by atoms with Crippen LogP contribution in [0.25, 0.3) is 6.08 Å². The SMILES string of the molecule is C=Cc1cncc(C=NC)c1. The topological polar surface area (TPSA) is 25.2 Å².